The summed E-state index contributed by atoms with van der Waals surface area (Å²) in [6.45, 7) is 26.2. The van der Waals surface area contributed by atoms with Crippen LogP contribution >= 0.6 is 99.9 Å². The first-order valence-corrected chi connectivity index (χ1v) is 46.9. The molecule has 451 valence electrons. The Labute approximate surface area is 530 Å². The van der Waals surface area contributed by atoms with Gasteiger partial charge in [0.25, 0.3) is 11.1 Å². The van der Waals surface area contributed by atoms with E-state index in [4.69, 9.17) is 36.1 Å². The molecule has 14 N–H and O–H groups in total. The number of hydrogen-bond acceptors (Lipinski definition) is 22. The van der Waals surface area contributed by atoms with E-state index in [0.29, 0.717) is 20.6 Å². The molecule has 9 rings (SSSR count). The first-order valence-electron chi connectivity index (χ1n) is 24.3. The molecule has 6 aromatic heterocycles. The number of nitrogen functional groups attached to an aromatic ring is 3. The number of ether oxygens (including phenoxy) is 4. The van der Waals surface area contributed by atoms with Gasteiger partial charge in [0, 0.05) is 16.2 Å². The number of aliphatic hydroxyl groups is 6. The third-order valence-electron chi connectivity index (χ3n) is 14.4. The summed E-state index contributed by atoms with van der Waals surface area (Å²) in [5.74, 6) is 0.193. The Bertz CT molecular complexity index is 2930. The van der Waals surface area contributed by atoms with E-state index in [0.717, 1.165) is 12.8 Å². The molecule has 3 fully saturated rings. The van der Waals surface area contributed by atoms with Gasteiger partial charge in [-0.1, -0.05) is 55.4 Å². The summed E-state index contributed by atoms with van der Waals surface area (Å²) in [7, 11) is 2.09. The fraction of sp³-hybridized carbons (Fsp3) is 0.630. The summed E-state index contributed by atoms with van der Waals surface area (Å²) in [6, 6.07) is 0. The average Bonchev–Trinajstić information content (AvgIpc) is 4.26. The normalized spacial score (nSPS) is 26.7. The Morgan fingerprint density at radius 2 is 0.875 bits per heavy atom. The van der Waals surface area contributed by atoms with Crippen LogP contribution in [0.5, 0.6) is 5.88 Å². The molecule has 0 bridgehead atoms. The minimum absolute atomic E-state index is 0.0340. The zero-order chi connectivity index (χ0) is 61.3. The average molecular weight is 1760 g/mol. The first kappa shape index (κ1) is 73.2. The second-order valence-corrected chi connectivity index (χ2v) is 67.5. The molecule has 0 aliphatic carbocycles. The zero-order valence-corrected chi connectivity index (χ0v) is 59.8. The van der Waals surface area contributed by atoms with Crippen molar-refractivity contribution in [2.45, 2.75) is 143 Å². The predicted molar refractivity (Wildman–Crippen MR) is 339 cm³/mol. The number of nitrogens with two attached hydrogens (primary N) is 3. The van der Waals surface area contributed by atoms with Crippen molar-refractivity contribution in [2.24, 2.45) is 16.2 Å². The molecule has 0 saturated carbocycles. The van der Waals surface area contributed by atoms with Crippen LogP contribution in [0.15, 0.2) is 28.6 Å². The van der Waals surface area contributed by atoms with Gasteiger partial charge < -0.3 is 80.6 Å². The molecular formula is C46H73I5N15O12V2-2. The molecule has 0 amide bonds. The monoisotopic (exact) mass is 1760 g/mol. The summed E-state index contributed by atoms with van der Waals surface area (Å²) in [6.07, 6.45) is 2.11. The topological polar surface area (TPSA) is 407 Å². The summed E-state index contributed by atoms with van der Waals surface area (Å²) < 4.78 is 27.2. The van der Waals surface area contributed by atoms with Gasteiger partial charge in [-0.25, -0.2) is 15.0 Å². The number of hydrogen-bond donors (Lipinski definition) is 11. The van der Waals surface area contributed by atoms with E-state index >= 15 is 0 Å². The first-order chi connectivity index (χ1) is 37.1. The van der Waals surface area contributed by atoms with Crippen LogP contribution in [0, 0.1) is 30.1 Å². The van der Waals surface area contributed by atoms with E-state index in [1.165, 1.54) is 35.2 Å². The molecule has 34 heteroatoms. The number of anilines is 3. The molecule has 27 nitrogen and oxygen atoms in total. The number of H-pyrrole nitrogens is 2. The van der Waals surface area contributed by atoms with Crippen LogP contribution in [0.25, 0.3) is 33.5 Å². The number of rotatable bonds is 7. The molecule has 80 heavy (non-hydrogen) atoms. The van der Waals surface area contributed by atoms with Crippen molar-refractivity contribution in [2.75, 3.05) is 44.1 Å². The van der Waals surface area contributed by atoms with Gasteiger partial charge in [-0.05, 0) is 20.8 Å². The van der Waals surface area contributed by atoms with Crippen molar-refractivity contribution in [1.29, 1.82) is 0 Å². The van der Waals surface area contributed by atoms with Gasteiger partial charge in [-0.2, -0.15) is 32.8 Å². The Morgan fingerprint density at radius 3 is 1.12 bits per heavy atom. The van der Waals surface area contributed by atoms with Crippen molar-refractivity contribution >= 4 is 151 Å². The Kier molecular flexibility index (Phi) is 27.9. The molecule has 9 heterocycles. The van der Waals surface area contributed by atoms with Crippen LogP contribution in [0.3, 0.4) is 0 Å². The summed E-state index contributed by atoms with van der Waals surface area (Å²) in [5, 5.41) is 61.4. The number of aliphatic hydroxyl groups excluding tert-OH is 3. The fourth-order valence-electron chi connectivity index (χ4n) is 8.58. The van der Waals surface area contributed by atoms with Crippen molar-refractivity contribution in [1.82, 2.24) is 58.6 Å². The van der Waals surface area contributed by atoms with E-state index < -0.39 is 81.2 Å². The Morgan fingerprint density at radius 1 is 0.613 bits per heavy atom. The Balaban J connectivity index is 0.000000284. The van der Waals surface area contributed by atoms with Crippen molar-refractivity contribution < 1.29 is 64.0 Å². The number of aromatic nitrogens is 12. The third kappa shape index (κ3) is 15.5. The molecule has 9 atom stereocenters. The summed E-state index contributed by atoms with van der Waals surface area (Å²) >= 11 is 12.1. The van der Waals surface area contributed by atoms with Crippen LogP contribution in [-0.4, -0.2) is 151 Å². The van der Waals surface area contributed by atoms with Gasteiger partial charge in [-0.3, -0.25) is 33.3 Å². The molecule has 0 radical (unpaired) electrons. The van der Waals surface area contributed by atoms with Gasteiger partial charge in [-0.15, -0.1) is 0 Å². The van der Waals surface area contributed by atoms with Crippen molar-refractivity contribution in [3.8, 4) is 5.88 Å². The Hall–Kier alpha value is -1.09. The predicted octanol–water partition coefficient (Wildman–Crippen LogP) is 5.71. The zero-order valence-electron chi connectivity index (χ0n) is 46.3. The van der Waals surface area contributed by atoms with E-state index in [1.807, 2.05) is 55.4 Å². The number of halogens is 5. The quantitative estimate of drug-likeness (QED) is 0.0673. The van der Waals surface area contributed by atoms with Gasteiger partial charge in [0.05, 0.1) is 64.2 Å². The maximum absolute atomic E-state index is 11.8. The van der Waals surface area contributed by atoms with Gasteiger partial charge in [0.15, 0.2) is 52.2 Å². The number of imidazole rings is 3. The van der Waals surface area contributed by atoms with Crippen molar-refractivity contribution in [3.05, 3.63) is 53.5 Å². The van der Waals surface area contributed by atoms with E-state index in [1.54, 1.807) is 25.3 Å². The maximum atomic E-state index is 11.8. The number of nitrogens with zero attached hydrogens (tertiary/aromatic N) is 10. The van der Waals surface area contributed by atoms with Gasteiger partial charge in [0.1, 0.15) is 16.8 Å². The minimum atomic E-state index is -1.31. The number of fused-ring (bicyclic) bond motifs is 3. The van der Waals surface area contributed by atoms with Crippen molar-refractivity contribution in [3.63, 3.8) is 0 Å². The molecule has 3 aliphatic heterocycles. The van der Waals surface area contributed by atoms with Crippen LogP contribution in [-0.2, 0) is 28.6 Å². The summed E-state index contributed by atoms with van der Waals surface area (Å²) in [5.41, 5.74) is 11.4. The van der Waals surface area contributed by atoms with Gasteiger partial charge in [0.2, 0.25) is 23.7 Å². The molecule has 0 aromatic carbocycles. The van der Waals surface area contributed by atoms with Crippen LogP contribution in [0.4, 0.5) is 17.8 Å². The van der Waals surface area contributed by atoms with Gasteiger partial charge >= 0.3 is 114 Å². The number of aromatic amines is 2. The number of nitrogens with one attached hydrogen (secondary N) is 2. The molecule has 0 unspecified atom stereocenters. The SMILES string of the molecule is CC1(C)[C@@H](CO)O[C@@H](n2cnc3c(=O)[nH]c(N)nc32)[C@]1(C)O.CC1(C)[C@@H](CO)O[C@@H](n2cnc3c(=O)[nH]c(N)nc32)[C@]1(C)O.COc1nc(N)nc2c1ncn2[C@@H]1O[C@H](CO)C(C)(C)[C@@]1(C)O.[CH2-]CC.[CH2-]CC.[I][V]([I])[I].[I][V][I]. The second kappa shape index (κ2) is 30.5. The number of methoxy groups -OCH3 is 1. The fourth-order valence-corrected chi connectivity index (χ4v) is 8.58. The van der Waals surface area contributed by atoms with E-state index in [2.05, 4.69) is 159 Å². The third-order valence-corrected chi connectivity index (χ3v) is 14.4. The van der Waals surface area contributed by atoms with Crippen LogP contribution in [0.1, 0.15) is 108 Å². The standard InChI is InChI=1S/C14H21N5O4.2C13H19N5O4.2C3H7.5HI.2V/c1-13(2)7(5-20)23-11(14(13,3)21)19-6-16-8-9(19)17-12(15)18-10(8)22-4;2*1-12(2)6(4-19)22-10(13(12,3)21)18-5-15-7-8(18)16-11(14)17-9(7)20;2*1-3-2;;;;;;;/h6-7,11,20-21H,5H2,1-4H3,(H2,15,17,18);2*5-6,10,19,21H,4H2,1-3H3,(H3,14,16,17,20);2*1,3H2,2H3;5*1H;;/q;;;2*-1;;;;;;+2;+3/p-5/t7-,11-,14+;2*6-,10-,13+;;;;;;;;;/m111........./s1. The van der Waals surface area contributed by atoms with E-state index in [9.17, 15) is 40.2 Å². The van der Waals surface area contributed by atoms with E-state index in [-0.39, 0.29) is 70.8 Å². The van der Waals surface area contributed by atoms with Crippen LogP contribution in [0.2, 0.25) is 0 Å². The molecule has 3 aliphatic rings. The molecule has 3 saturated heterocycles. The second-order valence-electron chi connectivity index (χ2n) is 20.3. The molecule has 6 aromatic rings. The molecular weight excluding hydrogens is 1690 g/mol. The summed E-state index contributed by atoms with van der Waals surface area (Å²) in [4.78, 5) is 56.7. The van der Waals surface area contributed by atoms with Crippen LogP contribution < -0.4 is 33.1 Å². The molecule has 0 spiro atoms.